The molecule has 0 bridgehead atoms. The smallest absolute Gasteiger partial charge is 0.238 e. The Kier molecular flexibility index (Phi) is 5.37. The molecule has 1 unspecified atom stereocenters. The van der Waals surface area contributed by atoms with Crippen LogP contribution in [0.1, 0.15) is 30.9 Å². The molecule has 3 N–H and O–H groups in total. The number of rotatable bonds is 4. The second kappa shape index (κ2) is 7.05. The number of nitrogens with zero attached hydrogens (tertiary/aromatic N) is 1. The number of carbonyl (C=O) groups excluding carboxylic acids is 1. The lowest BCUT2D eigenvalue weighted by Gasteiger charge is -2.33. The molecule has 1 aromatic rings. The van der Waals surface area contributed by atoms with Crippen molar-refractivity contribution in [2.75, 3.05) is 25.0 Å². The Bertz CT molecular complexity index is 471. The monoisotopic (exact) mass is 289 g/mol. The maximum absolute atomic E-state index is 12.2. The molecule has 1 aliphatic rings. The van der Waals surface area contributed by atoms with Gasteiger partial charge >= 0.3 is 0 Å². The highest BCUT2D eigenvalue weighted by molar-refractivity contribution is 5.93. The van der Waals surface area contributed by atoms with Gasteiger partial charge in [-0.3, -0.25) is 9.69 Å². The largest absolute Gasteiger partial charge is 0.328 e. The second-order valence-corrected chi connectivity index (χ2v) is 6.29. The summed E-state index contributed by atoms with van der Waals surface area (Å²) in [5.41, 5.74) is 9.12. The summed E-state index contributed by atoms with van der Waals surface area (Å²) < 4.78 is 0. The van der Waals surface area contributed by atoms with Crippen LogP contribution in [0, 0.1) is 19.8 Å². The van der Waals surface area contributed by atoms with Crippen LogP contribution in [0.2, 0.25) is 0 Å². The van der Waals surface area contributed by atoms with Crippen LogP contribution < -0.4 is 11.1 Å². The lowest BCUT2D eigenvalue weighted by molar-refractivity contribution is -0.117. The van der Waals surface area contributed by atoms with Crippen molar-refractivity contribution < 1.29 is 4.79 Å². The van der Waals surface area contributed by atoms with Gasteiger partial charge in [-0.25, -0.2) is 0 Å². The van der Waals surface area contributed by atoms with Crippen molar-refractivity contribution in [3.05, 3.63) is 29.3 Å². The predicted octanol–water partition coefficient (Wildman–Crippen LogP) is 2.30. The molecule has 1 atom stereocenters. The summed E-state index contributed by atoms with van der Waals surface area (Å²) in [4.78, 5) is 14.4. The van der Waals surface area contributed by atoms with Crippen LogP contribution in [0.25, 0.3) is 0 Å². The van der Waals surface area contributed by atoms with E-state index in [0.717, 1.165) is 42.7 Å². The Balaban J connectivity index is 1.86. The average molecular weight is 289 g/mol. The molecule has 116 valence electrons. The third-order valence-electron chi connectivity index (χ3n) is 4.49. The minimum atomic E-state index is 0.0756. The topological polar surface area (TPSA) is 58.4 Å². The molecule has 1 amide bonds. The van der Waals surface area contributed by atoms with Gasteiger partial charge < -0.3 is 11.1 Å². The van der Waals surface area contributed by atoms with E-state index in [2.05, 4.69) is 17.1 Å². The van der Waals surface area contributed by atoms with Crippen molar-refractivity contribution in [2.24, 2.45) is 11.7 Å². The van der Waals surface area contributed by atoms with Crippen molar-refractivity contribution in [3.63, 3.8) is 0 Å². The number of benzene rings is 1. The maximum atomic E-state index is 12.2. The molecule has 4 heteroatoms. The van der Waals surface area contributed by atoms with Gasteiger partial charge in [-0.2, -0.15) is 0 Å². The first-order valence-corrected chi connectivity index (χ1v) is 7.81. The van der Waals surface area contributed by atoms with E-state index in [1.165, 1.54) is 0 Å². The number of hydrogen-bond donors (Lipinski definition) is 2. The van der Waals surface area contributed by atoms with Crippen molar-refractivity contribution >= 4 is 11.6 Å². The van der Waals surface area contributed by atoms with Crippen molar-refractivity contribution in [2.45, 2.75) is 39.7 Å². The first-order valence-electron chi connectivity index (χ1n) is 7.81. The number of likely N-dealkylation sites (tertiary alicyclic amines) is 1. The number of carbonyl (C=O) groups is 1. The lowest BCUT2D eigenvalue weighted by atomic mass is 9.91. The molecule has 0 aromatic heterocycles. The van der Waals surface area contributed by atoms with E-state index in [-0.39, 0.29) is 11.9 Å². The number of amides is 1. The SMILES string of the molecule is Cc1cccc(C)c1NC(=O)CN1CCC(C(C)N)CC1. The van der Waals surface area contributed by atoms with Gasteiger partial charge in [-0.15, -0.1) is 0 Å². The molecule has 1 aliphatic heterocycles. The number of anilines is 1. The maximum Gasteiger partial charge on any atom is 0.238 e. The third kappa shape index (κ3) is 4.29. The van der Waals surface area contributed by atoms with Crippen LogP contribution in [0.3, 0.4) is 0 Å². The molecular weight excluding hydrogens is 262 g/mol. The first-order chi connectivity index (χ1) is 9.97. The number of aryl methyl sites for hydroxylation is 2. The molecule has 2 rings (SSSR count). The molecule has 1 saturated heterocycles. The summed E-state index contributed by atoms with van der Waals surface area (Å²) in [5.74, 6) is 0.676. The van der Waals surface area contributed by atoms with E-state index in [1.807, 2.05) is 32.0 Å². The van der Waals surface area contributed by atoms with Crippen LogP contribution in [0.4, 0.5) is 5.69 Å². The van der Waals surface area contributed by atoms with Crippen molar-refractivity contribution in [1.82, 2.24) is 4.90 Å². The molecule has 0 saturated carbocycles. The quantitative estimate of drug-likeness (QED) is 0.894. The van der Waals surface area contributed by atoms with Gasteiger partial charge in [0.25, 0.3) is 0 Å². The Morgan fingerprint density at radius 1 is 1.33 bits per heavy atom. The summed E-state index contributed by atoms with van der Waals surface area (Å²) in [5, 5.41) is 3.05. The summed E-state index contributed by atoms with van der Waals surface area (Å²) in [6.07, 6.45) is 2.18. The number of para-hydroxylation sites is 1. The van der Waals surface area contributed by atoms with Crippen LogP contribution in [-0.2, 0) is 4.79 Å². The average Bonchev–Trinajstić information content (AvgIpc) is 2.43. The molecule has 0 aliphatic carbocycles. The Morgan fingerprint density at radius 3 is 2.43 bits per heavy atom. The molecule has 0 radical (unpaired) electrons. The number of nitrogens with two attached hydrogens (primary N) is 1. The molecule has 4 nitrogen and oxygen atoms in total. The highest BCUT2D eigenvalue weighted by Crippen LogP contribution is 2.21. The zero-order valence-corrected chi connectivity index (χ0v) is 13.4. The zero-order chi connectivity index (χ0) is 15.4. The van der Waals surface area contributed by atoms with E-state index < -0.39 is 0 Å². The predicted molar refractivity (Wildman–Crippen MR) is 87.4 cm³/mol. The van der Waals surface area contributed by atoms with Gasteiger partial charge in [0.15, 0.2) is 0 Å². The van der Waals surface area contributed by atoms with Gasteiger partial charge in [-0.05, 0) is 63.7 Å². The fourth-order valence-corrected chi connectivity index (χ4v) is 3.03. The van der Waals surface area contributed by atoms with E-state index in [9.17, 15) is 4.79 Å². The summed E-state index contributed by atoms with van der Waals surface area (Å²) in [7, 11) is 0. The first kappa shape index (κ1) is 16.0. The minimum absolute atomic E-state index is 0.0756. The lowest BCUT2D eigenvalue weighted by Crippen LogP contribution is -2.42. The van der Waals surface area contributed by atoms with Gasteiger partial charge in [0.05, 0.1) is 6.54 Å². The van der Waals surface area contributed by atoms with Crippen LogP contribution in [0.15, 0.2) is 18.2 Å². The number of hydrogen-bond acceptors (Lipinski definition) is 3. The van der Waals surface area contributed by atoms with E-state index in [1.54, 1.807) is 0 Å². The third-order valence-corrected chi connectivity index (χ3v) is 4.49. The Morgan fingerprint density at radius 2 is 1.90 bits per heavy atom. The van der Waals surface area contributed by atoms with E-state index >= 15 is 0 Å². The zero-order valence-electron chi connectivity index (χ0n) is 13.4. The molecule has 21 heavy (non-hydrogen) atoms. The van der Waals surface area contributed by atoms with Crippen LogP contribution in [-0.4, -0.2) is 36.5 Å². The van der Waals surface area contributed by atoms with Crippen molar-refractivity contribution in [1.29, 1.82) is 0 Å². The summed E-state index contributed by atoms with van der Waals surface area (Å²) in [6, 6.07) is 6.32. The van der Waals surface area contributed by atoms with Crippen molar-refractivity contribution in [3.8, 4) is 0 Å². The minimum Gasteiger partial charge on any atom is -0.328 e. The second-order valence-electron chi connectivity index (χ2n) is 6.29. The molecule has 1 fully saturated rings. The number of nitrogens with one attached hydrogen (secondary N) is 1. The Labute approximate surface area is 127 Å². The van der Waals surface area contributed by atoms with Gasteiger partial charge in [0.2, 0.25) is 5.91 Å². The van der Waals surface area contributed by atoms with E-state index in [0.29, 0.717) is 12.5 Å². The number of piperidine rings is 1. The molecular formula is C17H27N3O. The standard InChI is InChI=1S/C17H27N3O/c1-12-5-4-6-13(2)17(12)19-16(21)11-20-9-7-15(8-10-20)14(3)18/h4-6,14-15H,7-11,18H2,1-3H3,(H,19,21). The van der Waals surface area contributed by atoms with Crippen LogP contribution >= 0.6 is 0 Å². The Hall–Kier alpha value is -1.39. The fraction of sp³-hybridized carbons (Fsp3) is 0.588. The summed E-state index contributed by atoms with van der Waals surface area (Å²) in [6.45, 7) is 8.53. The van der Waals surface area contributed by atoms with Gasteiger partial charge in [-0.1, -0.05) is 18.2 Å². The fourth-order valence-electron chi connectivity index (χ4n) is 3.03. The summed E-state index contributed by atoms with van der Waals surface area (Å²) >= 11 is 0. The van der Waals surface area contributed by atoms with Gasteiger partial charge in [0.1, 0.15) is 0 Å². The highest BCUT2D eigenvalue weighted by atomic mass is 16.2. The molecule has 0 spiro atoms. The normalized spacial score (nSPS) is 18.5. The van der Waals surface area contributed by atoms with Gasteiger partial charge in [0, 0.05) is 11.7 Å². The van der Waals surface area contributed by atoms with Crippen LogP contribution in [0.5, 0.6) is 0 Å². The highest BCUT2D eigenvalue weighted by Gasteiger charge is 2.23. The molecule has 1 heterocycles. The van der Waals surface area contributed by atoms with E-state index in [4.69, 9.17) is 5.73 Å². The molecule has 1 aromatic carbocycles.